The number of hydrogen-bond acceptors (Lipinski definition) is 3. The average Bonchev–Trinajstić information content (AvgIpc) is 2.42. The Bertz CT molecular complexity index is 448. The predicted octanol–water partition coefficient (Wildman–Crippen LogP) is 0.304. The molecule has 0 spiro atoms. The lowest BCUT2D eigenvalue weighted by atomic mass is 10.0. The molecule has 1 aromatic rings. The van der Waals surface area contributed by atoms with Gasteiger partial charge in [-0.05, 0) is 32.8 Å². The molecule has 100 valence electrons. The second-order valence-corrected chi connectivity index (χ2v) is 5.24. The predicted molar refractivity (Wildman–Crippen MR) is 70.4 cm³/mol. The summed E-state index contributed by atoms with van der Waals surface area (Å²) in [6.07, 6.45) is 0.845. The number of aryl methyl sites for hydroxylation is 2. The van der Waals surface area contributed by atoms with E-state index < -0.39 is 0 Å². The van der Waals surface area contributed by atoms with Crippen molar-refractivity contribution in [1.29, 1.82) is 0 Å². The number of nitrogens with zero attached hydrogens (tertiary/aromatic N) is 2. The van der Waals surface area contributed by atoms with Crippen LogP contribution in [0.25, 0.3) is 0 Å². The maximum absolute atomic E-state index is 11.8. The molecule has 1 unspecified atom stereocenters. The van der Waals surface area contributed by atoms with Gasteiger partial charge in [0.05, 0.1) is 11.6 Å². The summed E-state index contributed by atoms with van der Waals surface area (Å²) >= 11 is 0. The van der Waals surface area contributed by atoms with Gasteiger partial charge in [0.15, 0.2) is 0 Å². The molecule has 1 aliphatic heterocycles. The first kappa shape index (κ1) is 13.1. The van der Waals surface area contributed by atoms with Gasteiger partial charge in [-0.2, -0.15) is 5.10 Å². The van der Waals surface area contributed by atoms with E-state index in [-0.39, 0.29) is 17.9 Å². The smallest absolute Gasteiger partial charge is 0.225 e. The largest absolute Gasteiger partial charge is 0.353 e. The van der Waals surface area contributed by atoms with Gasteiger partial charge in [0.1, 0.15) is 0 Å². The highest BCUT2D eigenvalue weighted by Gasteiger charge is 2.26. The Balaban J connectivity index is 1.94. The van der Waals surface area contributed by atoms with E-state index in [1.54, 1.807) is 0 Å². The van der Waals surface area contributed by atoms with Gasteiger partial charge in [-0.3, -0.25) is 9.48 Å². The number of aromatic nitrogens is 2. The summed E-state index contributed by atoms with van der Waals surface area (Å²) in [5.74, 6) is 0.323. The summed E-state index contributed by atoms with van der Waals surface area (Å²) in [6, 6.07) is 0.152. The number of amides is 1. The van der Waals surface area contributed by atoms with E-state index >= 15 is 0 Å². The van der Waals surface area contributed by atoms with Gasteiger partial charge in [0, 0.05) is 31.9 Å². The minimum atomic E-state index is 0.152. The van der Waals surface area contributed by atoms with Crippen LogP contribution >= 0.6 is 0 Å². The van der Waals surface area contributed by atoms with Crippen molar-refractivity contribution < 1.29 is 4.79 Å². The molecule has 0 bridgehead atoms. The molecular weight excluding hydrogens is 228 g/mol. The first-order chi connectivity index (χ1) is 8.49. The van der Waals surface area contributed by atoms with E-state index in [2.05, 4.69) is 29.6 Å². The molecule has 0 aromatic carbocycles. The van der Waals surface area contributed by atoms with Gasteiger partial charge in [-0.25, -0.2) is 0 Å². The molecule has 2 heterocycles. The Morgan fingerprint density at radius 3 is 2.67 bits per heavy atom. The van der Waals surface area contributed by atoms with E-state index in [0.717, 1.165) is 25.2 Å². The minimum Gasteiger partial charge on any atom is -0.353 e. The molecule has 1 saturated heterocycles. The van der Waals surface area contributed by atoms with Crippen LogP contribution in [0.3, 0.4) is 0 Å². The third-order valence-corrected chi connectivity index (χ3v) is 3.71. The Labute approximate surface area is 108 Å². The number of rotatable bonds is 4. The maximum Gasteiger partial charge on any atom is 0.225 e. The summed E-state index contributed by atoms with van der Waals surface area (Å²) in [4.78, 5) is 11.8. The van der Waals surface area contributed by atoms with Crippen molar-refractivity contribution in [2.45, 2.75) is 33.2 Å². The lowest BCUT2D eigenvalue weighted by Crippen LogP contribution is -2.52. The average molecular weight is 250 g/mol. The SMILES string of the molecule is Cc1nn(C)c(C)c1CC(C)NC(=O)C1CNC1. The van der Waals surface area contributed by atoms with Gasteiger partial charge < -0.3 is 10.6 Å². The molecular formula is C13H22N4O. The van der Waals surface area contributed by atoms with Crippen molar-refractivity contribution in [3.05, 3.63) is 17.0 Å². The van der Waals surface area contributed by atoms with Crippen LogP contribution in [0.4, 0.5) is 0 Å². The van der Waals surface area contributed by atoms with Crippen LogP contribution in [0, 0.1) is 19.8 Å². The van der Waals surface area contributed by atoms with Gasteiger partial charge in [0.25, 0.3) is 0 Å². The topological polar surface area (TPSA) is 59.0 Å². The molecule has 1 amide bonds. The quantitative estimate of drug-likeness (QED) is 0.808. The van der Waals surface area contributed by atoms with Gasteiger partial charge >= 0.3 is 0 Å². The van der Waals surface area contributed by atoms with E-state index in [4.69, 9.17) is 0 Å². The second kappa shape index (κ2) is 5.10. The third kappa shape index (κ3) is 2.56. The van der Waals surface area contributed by atoms with Crippen molar-refractivity contribution >= 4 is 5.91 Å². The van der Waals surface area contributed by atoms with E-state index in [1.165, 1.54) is 11.3 Å². The molecule has 1 fully saturated rings. The minimum absolute atomic E-state index is 0.152. The highest BCUT2D eigenvalue weighted by atomic mass is 16.2. The van der Waals surface area contributed by atoms with Crippen molar-refractivity contribution in [2.75, 3.05) is 13.1 Å². The molecule has 5 heteroatoms. The lowest BCUT2D eigenvalue weighted by Gasteiger charge is -2.27. The molecule has 1 atom stereocenters. The van der Waals surface area contributed by atoms with Gasteiger partial charge in [-0.15, -0.1) is 0 Å². The Morgan fingerprint density at radius 2 is 2.22 bits per heavy atom. The fourth-order valence-corrected chi connectivity index (χ4v) is 2.30. The maximum atomic E-state index is 11.8. The molecule has 5 nitrogen and oxygen atoms in total. The second-order valence-electron chi connectivity index (χ2n) is 5.24. The molecule has 2 N–H and O–H groups in total. The zero-order valence-corrected chi connectivity index (χ0v) is 11.6. The van der Waals surface area contributed by atoms with Crippen LogP contribution in [0.2, 0.25) is 0 Å². The van der Waals surface area contributed by atoms with Crippen LogP contribution in [-0.2, 0) is 18.3 Å². The highest BCUT2D eigenvalue weighted by molar-refractivity contribution is 5.80. The van der Waals surface area contributed by atoms with E-state index in [1.807, 2.05) is 18.7 Å². The van der Waals surface area contributed by atoms with Crippen LogP contribution in [0.15, 0.2) is 0 Å². The van der Waals surface area contributed by atoms with Gasteiger partial charge in [0.2, 0.25) is 5.91 Å². The summed E-state index contributed by atoms with van der Waals surface area (Å²) in [5.41, 5.74) is 3.48. The van der Waals surface area contributed by atoms with E-state index in [9.17, 15) is 4.79 Å². The number of hydrogen-bond donors (Lipinski definition) is 2. The van der Waals surface area contributed by atoms with Gasteiger partial charge in [-0.1, -0.05) is 0 Å². The first-order valence-electron chi connectivity index (χ1n) is 6.49. The zero-order valence-electron chi connectivity index (χ0n) is 11.6. The monoisotopic (exact) mass is 250 g/mol. The standard InChI is InChI=1S/C13H22N4O/c1-8(15-13(18)11-6-14-7-11)5-12-9(2)16-17(4)10(12)3/h8,11,14H,5-7H2,1-4H3,(H,15,18). The molecule has 1 aromatic heterocycles. The lowest BCUT2D eigenvalue weighted by molar-refractivity contribution is -0.127. The molecule has 1 aliphatic rings. The number of nitrogens with one attached hydrogen (secondary N) is 2. The van der Waals surface area contributed by atoms with Crippen molar-refractivity contribution in [3.63, 3.8) is 0 Å². The highest BCUT2D eigenvalue weighted by Crippen LogP contribution is 2.14. The van der Waals surface area contributed by atoms with Crippen LogP contribution in [0.5, 0.6) is 0 Å². The normalized spacial score (nSPS) is 17.3. The first-order valence-corrected chi connectivity index (χ1v) is 6.49. The number of carbonyl (C=O) groups excluding carboxylic acids is 1. The van der Waals surface area contributed by atoms with Crippen molar-refractivity contribution in [1.82, 2.24) is 20.4 Å². The number of carbonyl (C=O) groups is 1. The summed E-state index contributed by atoms with van der Waals surface area (Å²) < 4.78 is 1.90. The molecule has 18 heavy (non-hydrogen) atoms. The zero-order chi connectivity index (χ0) is 13.3. The third-order valence-electron chi connectivity index (χ3n) is 3.71. The fraction of sp³-hybridized carbons (Fsp3) is 0.692. The molecule has 0 saturated carbocycles. The van der Waals surface area contributed by atoms with E-state index in [0.29, 0.717) is 0 Å². The molecule has 2 rings (SSSR count). The van der Waals surface area contributed by atoms with Crippen molar-refractivity contribution in [2.24, 2.45) is 13.0 Å². The summed E-state index contributed by atoms with van der Waals surface area (Å²) in [6.45, 7) is 7.76. The Morgan fingerprint density at radius 1 is 1.56 bits per heavy atom. The van der Waals surface area contributed by atoms with Crippen molar-refractivity contribution in [3.8, 4) is 0 Å². The fourth-order valence-electron chi connectivity index (χ4n) is 2.30. The molecule has 0 radical (unpaired) electrons. The Kier molecular flexibility index (Phi) is 3.71. The van der Waals surface area contributed by atoms with Crippen LogP contribution in [0.1, 0.15) is 23.9 Å². The molecule has 0 aliphatic carbocycles. The summed E-state index contributed by atoms with van der Waals surface area (Å²) in [7, 11) is 1.95. The van der Waals surface area contributed by atoms with Crippen LogP contribution in [-0.4, -0.2) is 34.8 Å². The summed E-state index contributed by atoms with van der Waals surface area (Å²) in [5, 5.41) is 10.6. The Hall–Kier alpha value is -1.36. The van der Waals surface area contributed by atoms with Crippen LogP contribution < -0.4 is 10.6 Å².